The lowest BCUT2D eigenvalue weighted by Gasteiger charge is -2.23. The molecule has 1 aromatic heterocycles. The highest BCUT2D eigenvalue weighted by atomic mass is 35.5. The van der Waals surface area contributed by atoms with Crippen molar-refractivity contribution in [2.24, 2.45) is 0 Å². The molecule has 0 spiro atoms. The first-order valence-electron chi connectivity index (χ1n) is 6.13. The van der Waals surface area contributed by atoms with Crippen LogP contribution in [0.1, 0.15) is 56.8 Å². The minimum Gasteiger partial charge on any atom is -0.236 e. The predicted octanol–water partition coefficient (Wildman–Crippen LogP) is 4.39. The fraction of sp³-hybridized carbons (Fsp3) is 0.692. The van der Waals surface area contributed by atoms with Crippen LogP contribution in [0.5, 0.6) is 0 Å². The molecule has 0 aromatic carbocycles. The van der Waals surface area contributed by atoms with Crippen LogP contribution in [-0.4, -0.2) is 15.7 Å². The minimum atomic E-state index is 0.0284. The maximum Gasteiger partial charge on any atom is 0.143 e. The van der Waals surface area contributed by atoms with Crippen molar-refractivity contribution in [1.29, 1.82) is 0 Å². The number of thioether (sulfide) groups is 1. The molecule has 1 unspecified atom stereocenters. The van der Waals surface area contributed by atoms with E-state index in [0.717, 1.165) is 11.5 Å². The summed E-state index contributed by atoms with van der Waals surface area (Å²) < 4.78 is 0. The van der Waals surface area contributed by atoms with Gasteiger partial charge in [-0.25, -0.2) is 9.97 Å². The van der Waals surface area contributed by atoms with E-state index in [1.54, 1.807) is 0 Å². The summed E-state index contributed by atoms with van der Waals surface area (Å²) in [6.07, 6.45) is 3.76. The maximum atomic E-state index is 6.11. The van der Waals surface area contributed by atoms with E-state index in [-0.39, 0.29) is 5.41 Å². The summed E-state index contributed by atoms with van der Waals surface area (Å²) in [6, 6.07) is 1.89. The molecule has 2 heterocycles. The van der Waals surface area contributed by atoms with Crippen molar-refractivity contribution in [1.82, 2.24) is 9.97 Å². The molecule has 1 aromatic rings. The van der Waals surface area contributed by atoms with E-state index < -0.39 is 0 Å². The smallest absolute Gasteiger partial charge is 0.143 e. The van der Waals surface area contributed by atoms with Crippen LogP contribution in [0.25, 0.3) is 0 Å². The molecule has 0 saturated carbocycles. The maximum absolute atomic E-state index is 6.11. The first-order chi connectivity index (χ1) is 7.97. The standard InChI is InChI=1S/C13H19ClN2S/c1-13(2,3)10-8-11(14)16-12(15-10)9-6-4-5-7-17-9/h8-9H,4-7H2,1-3H3. The Labute approximate surface area is 113 Å². The van der Waals surface area contributed by atoms with Gasteiger partial charge in [0, 0.05) is 5.41 Å². The van der Waals surface area contributed by atoms with Crippen molar-refractivity contribution in [2.75, 3.05) is 5.75 Å². The molecule has 0 amide bonds. The average molecular weight is 271 g/mol. The Morgan fingerprint density at radius 1 is 1.29 bits per heavy atom. The van der Waals surface area contributed by atoms with Crippen LogP contribution in [0.15, 0.2) is 6.07 Å². The Morgan fingerprint density at radius 2 is 2.06 bits per heavy atom. The van der Waals surface area contributed by atoms with Gasteiger partial charge >= 0.3 is 0 Å². The Bertz CT molecular complexity index is 395. The normalized spacial score (nSPS) is 21.5. The summed E-state index contributed by atoms with van der Waals surface area (Å²) in [5.41, 5.74) is 1.07. The Morgan fingerprint density at radius 3 is 2.65 bits per heavy atom. The van der Waals surface area contributed by atoms with E-state index in [0.29, 0.717) is 10.4 Å². The van der Waals surface area contributed by atoms with Crippen molar-refractivity contribution in [2.45, 2.75) is 50.7 Å². The molecule has 1 atom stereocenters. The first kappa shape index (κ1) is 13.2. The van der Waals surface area contributed by atoms with Crippen LogP contribution < -0.4 is 0 Å². The van der Waals surface area contributed by atoms with Crippen molar-refractivity contribution >= 4 is 23.4 Å². The largest absolute Gasteiger partial charge is 0.236 e. The molecular weight excluding hydrogens is 252 g/mol. The second-order valence-corrected chi connectivity index (χ2v) is 7.24. The van der Waals surface area contributed by atoms with Crippen molar-refractivity contribution < 1.29 is 0 Å². The molecule has 17 heavy (non-hydrogen) atoms. The summed E-state index contributed by atoms with van der Waals surface area (Å²) in [5.74, 6) is 2.14. The number of rotatable bonds is 1. The third-order valence-corrected chi connectivity index (χ3v) is 4.52. The topological polar surface area (TPSA) is 25.8 Å². The second-order valence-electron chi connectivity index (χ2n) is 5.54. The van der Waals surface area contributed by atoms with Crippen molar-refractivity contribution in [3.8, 4) is 0 Å². The first-order valence-corrected chi connectivity index (χ1v) is 7.56. The van der Waals surface area contributed by atoms with E-state index in [9.17, 15) is 0 Å². The lowest BCUT2D eigenvalue weighted by Crippen LogP contribution is -2.17. The zero-order chi connectivity index (χ0) is 12.5. The summed E-state index contributed by atoms with van der Waals surface area (Å²) in [5, 5.41) is 1.01. The summed E-state index contributed by atoms with van der Waals surface area (Å²) in [6.45, 7) is 6.47. The second kappa shape index (κ2) is 5.15. The van der Waals surface area contributed by atoms with Crippen LogP contribution in [0.4, 0.5) is 0 Å². The van der Waals surface area contributed by atoms with Crippen LogP contribution in [0.2, 0.25) is 5.15 Å². The number of halogens is 1. The third kappa shape index (κ3) is 3.35. The predicted molar refractivity (Wildman–Crippen MR) is 74.8 cm³/mol. The molecule has 2 rings (SSSR count). The molecule has 0 bridgehead atoms. The van der Waals surface area contributed by atoms with Gasteiger partial charge in [-0.15, -0.1) is 0 Å². The van der Waals surface area contributed by atoms with Gasteiger partial charge in [0.1, 0.15) is 11.0 Å². The Kier molecular flexibility index (Phi) is 3.99. The molecule has 0 N–H and O–H groups in total. The van der Waals surface area contributed by atoms with Gasteiger partial charge in [-0.1, -0.05) is 38.8 Å². The van der Waals surface area contributed by atoms with Gasteiger partial charge in [0.15, 0.2) is 0 Å². The van der Waals surface area contributed by atoms with Gasteiger partial charge in [0.25, 0.3) is 0 Å². The van der Waals surface area contributed by atoms with Crippen LogP contribution >= 0.6 is 23.4 Å². The van der Waals surface area contributed by atoms with Gasteiger partial charge in [0.2, 0.25) is 0 Å². The zero-order valence-corrected chi connectivity index (χ0v) is 12.2. The molecule has 0 radical (unpaired) electrons. The number of hydrogen-bond acceptors (Lipinski definition) is 3. The van der Waals surface area contributed by atoms with Crippen LogP contribution in [-0.2, 0) is 5.41 Å². The van der Waals surface area contributed by atoms with Crippen molar-refractivity contribution in [3.63, 3.8) is 0 Å². The van der Waals surface area contributed by atoms with E-state index in [2.05, 4.69) is 25.8 Å². The Hall–Kier alpha value is -0.280. The summed E-state index contributed by atoms with van der Waals surface area (Å²) in [7, 11) is 0. The van der Waals surface area contributed by atoms with Gasteiger partial charge in [-0.2, -0.15) is 11.8 Å². The monoisotopic (exact) mass is 270 g/mol. The summed E-state index contributed by atoms with van der Waals surface area (Å²) in [4.78, 5) is 9.12. The quantitative estimate of drug-likeness (QED) is 0.708. The molecule has 2 nitrogen and oxygen atoms in total. The SMILES string of the molecule is CC(C)(C)c1cc(Cl)nc(C2CCCCS2)n1. The average Bonchev–Trinajstić information content (AvgIpc) is 2.28. The van der Waals surface area contributed by atoms with E-state index in [1.165, 1.54) is 25.0 Å². The summed E-state index contributed by atoms with van der Waals surface area (Å²) >= 11 is 8.08. The molecule has 4 heteroatoms. The molecule has 1 fully saturated rings. The molecule has 1 aliphatic rings. The van der Waals surface area contributed by atoms with E-state index >= 15 is 0 Å². The van der Waals surface area contributed by atoms with Crippen LogP contribution in [0.3, 0.4) is 0 Å². The lowest BCUT2D eigenvalue weighted by atomic mass is 9.92. The van der Waals surface area contributed by atoms with E-state index in [4.69, 9.17) is 16.6 Å². The molecule has 1 saturated heterocycles. The highest BCUT2D eigenvalue weighted by Gasteiger charge is 2.23. The molecule has 94 valence electrons. The number of aromatic nitrogens is 2. The van der Waals surface area contributed by atoms with Gasteiger partial charge in [-0.3, -0.25) is 0 Å². The number of hydrogen-bond donors (Lipinski definition) is 0. The fourth-order valence-electron chi connectivity index (χ4n) is 1.91. The molecule has 1 aliphatic heterocycles. The lowest BCUT2D eigenvalue weighted by molar-refractivity contribution is 0.557. The minimum absolute atomic E-state index is 0.0284. The molecule has 0 aliphatic carbocycles. The highest BCUT2D eigenvalue weighted by molar-refractivity contribution is 7.99. The van der Waals surface area contributed by atoms with Crippen LogP contribution in [0, 0.1) is 0 Å². The number of nitrogens with zero attached hydrogens (tertiary/aromatic N) is 2. The zero-order valence-electron chi connectivity index (χ0n) is 10.7. The van der Waals surface area contributed by atoms with Gasteiger partial charge in [-0.05, 0) is 24.7 Å². The van der Waals surface area contributed by atoms with E-state index in [1.807, 2.05) is 17.8 Å². The Balaban J connectivity index is 2.31. The van der Waals surface area contributed by atoms with Crippen molar-refractivity contribution in [3.05, 3.63) is 22.7 Å². The third-order valence-electron chi connectivity index (χ3n) is 2.95. The molecular formula is C13H19ClN2S. The van der Waals surface area contributed by atoms with Gasteiger partial charge < -0.3 is 0 Å². The highest BCUT2D eigenvalue weighted by Crippen LogP contribution is 2.37. The van der Waals surface area contributed by atoms with Gasteiger partial charge in [0.05, 0.1) is 10.9 Å². The fourth-order valence-corrected chi connectivity index (χ4v) is 3.34.